The zero-order valence-corrected chi connectivity index (χ0v) is 11.0. The Morgan fingerprint density at radius 1 is 1.11 bits per heavy atom. The van der Waals surface area contributed by atoms with E-state index in [0.717, 1.165) is 45.0 Å². The van der Waals surface area contributed by atoms with Crippen molar-refractivity contribution in [1.82, 2.24) is 10.2 Å². The Morgan fingerprint density at radius 2 is 1.89 bits per heavy atom. The average molecular weight is 257 g/mol. The summed E-state index contributed by atoms with van der Waals surface area (Å²) in [6, 6.07) is 12.7. The lowest BCUT2D eigenvalue weighted by molar-refractivity contribution is 0.122. The monoisotopic (exact) mass is 257 g/mol. The van der Waals surface area contributed by atoms with Crippen LogP contribution in [-0.4, -0.2) is 36.5 Å². The Labute approximate surface area is 113 Å². The van der Waals surface area contributed by atoms with Crippen LogP contribution in [0.5, 0.6) is 0 Å². The molecular weight excluding hydrogens is 238 g/mol. The number of hydrogen-bond acceptors (Lipinski definition) is 3. The van der Waals surface area contributed by atoms with Gasteiger partial charge in [0, 0.05) is 24.8 Å². The van der Waals surface area contributed by atoms with Gasteiger partial charge in [-0.15, -0.1) is 0 Å². The van der Waals surface area contributed by atoms with Gasteiger partial charge in [-0.25, -0.2) is 0 Å². The smallest absolute Gasteiger partial charge is 0.150 e. The quantitative estimate of drug-likeness (QED) is 0.911. The van der Waals surface area contributed by atoms with Crippen LogP contribution >= 0.6 is 0 Å². The van der Waals surface area contributed by atoms with Crippen molar-refractivity contribution in [3.05, 3.63) is 47.7 Å². The standard InChI is InChI=1S/C15H19N3O/c1-2-4-13(5-3-1)6-7-14-12-15(17-16-14)18-8-10-19-11-9-18/h1-5,12H,6-11H2,(H,16,17). The van der Waals surface area contributed by atoms with E-state index in [2.05, 4.69) is 51.5 Å². The fourth-order valence-electron chi connectivity index (χ4n) is 2.36. The Bertz CT molecular complexity index is 503. The van der Waals surface area contributed by atoms with Crippen LogP contribution in [0.15, 0.2) is 36.4 Å². The van der Waals surface area contributed by atoms with E-state index < -0.39 is 0 Å². The van der Waals surface area contributed by atoms with Crippen LogP contribution < -0.4 is 4.90 Å². The second-order valence-electron chi connectivity index (χ2n) is 4.84. The highest BCUT2D eigenvalue weighted by Gasteiger charge is 2.13. The van der Waals surface area contributed by atoms with E-state index in [9.17, 15) is 0 Å². The second kappa shape index (κ2) is 5.89. The number of morpholine rings is 1. The number of benzene rings is 1. The largest absolute Gasteiger partial charge is 0.378 e. The van der Waals surface area contributed by atoms with Crippen LogP contribution in [0.2, 0.25) is 0 Å². The van der Waals surface area contributed by atoms with Crippen molar-refractivity contribution in [2.24, 2.45) is 0 Å². The van der Waals surface area contributed by atoms with Gasteiger partial charge in [-0.3, -0.25) is 5.10 Å². The van der Waals surface area contributed by atoms with Gasteiger partial charge in [-0.05, 0) is 18.4 Å². The van der Waals surface area contributed by atoms with Crippen molar-refractivity contribution < 1.29 is 4.74 Å². The average Bonchev–Trinajstić information content (AvgIpc) is 2.96. The Kier molecular flexibility index (Phi) is 3.79. The summed E-state index contributed by atoms with van der Waals surface area (Å²) in [5, 5.41) is 7.54. The highest BCUT2D eigenvalue weighted by atomic mass is 16.5. The zero-order chi connectivity index (χ0) is 12.9. The summed E-state index contributed by atoms with van der Waals surface area (Å²) in [5.41, 5.74) is 2.57. The fourth-order valence-corrected chi connectivity index (χ4v) is 2.36. The second-order valence-corrected chi connectivity index (χ2v) is 4.84. The highest BCUT2D eigenvalue weighted by molar-refractivity contribution is 5.39. The molecule has 4 nitrogen and oxygen atoms in total. The molecule has 0 bridgehead atoms. The van der Waals surface area contributed by atoms with Gasteiger partial charge in [0.15, 0.2) is 5.82 Å². The topological polar surface area (TPSA) is 41.1 Å². The number of nitrogens with one attached hydrogen (secondary N) is 1. The molecule has 1 N–H and O–H groups in total. The van der Waals surface area contributed by atoms with Gasteiger partial charge in [-0.1, -0.05) is 30.3 Å². The lowest BCUT2D eigenvalue weighted by Crippen LogP contribution is -2.36. The minimum atomic E-state index is 0.798. The number of aromatic nitrogens is 2. The first-order valence-corrected chi connectivity index (χ1v) is 6.83. The van der Waals surface area contributed by atoms with E-state index >= 15 is 0 Å². The van der Waals surface area contributed by atoms with Gasteiger partial charge < -0.3 is 9.64 Å². The first-order valence-electron chi connectivity index (χ1n) is 6.83. The molecule has 100 valence electrons. The molecule has 3 rings (SSSR count). The molecule has 2 heterocycles. The SMILES string of the molecule is c1ccc(CCc2cc(N3CCOCC3)n[nH]2)cc1. The van der Waals surface area contributed by atoms with Crippen molar-refractivity contribution in [3.63, 3.8) is 0 Å². The highest BCUT2D eigenvalue weighted by Crippen LogP contribution is 2.15. The third-order valence-electron chi connectivity index (χ3n) is 3.48. The number of anilines is 1. The summed E-state index contributed by atoms with van der Waals surface area (Å²) in [7, 11) is 0. The van der Waals surface area contributed by atoms with E-state index in [1.807, 2.05) is 0 Å². The van der Waals surface area contributed by atoms with Crippen LogP contribution in [0.25, 0.3) is 0 Å². The minimum absolute atomic E-state index is 0.798. The molecule has 1 aliphatic heterocycles. The van der Waals surface area contributed by atoms with Crippen molar-refractivity contribution in [2.75, 3.05) is 31.2 Å². The summed E-state index contributed by atoms with van der Waals surface area (Å²) in [4.78, 5) is 2.27. The molecule has 0 saturated carbocycles. The molecule has 0 aliphatic carbocycles. The predicted octanol–water partition coefficient (Wildman–Crippen LogP) is 2.03. The normalized spacial score (nSPS) is 15.7. The number of hydrogen-bond donors (Lipinski definition) is 1. The molecule has 1 fully saturated rings. The molecule has 1 aliphatic rings. The first kappa shape index (κ1) is 12.2. The third-order valence-corrected chi connectivity index (χ3v) is 3.48. The summed E-state index contributed by atoms with van der Waals surface area (Å²) in [6.45, 7) is 3.46. The van der Waals surface area contributed by atoms with Gasteiger partial charge in [0.1, 0.15) is 0 Å². The van der Waals surface area contributed by atoms with Gasteiger partial charge in [0.05, 0.1) is 13.2 Å². The van der Waals surface area contributed by atoms with Gasteiger partial charge >= 0.3 is 0 Å². The lowest BCUT2D eigenvalue weighted by Gasteiger charge is -2.26. The molecule has 1 saturated heterocycles. The summed E-state index contributed by atoms with van der Waals surface area (Å²) in [6.07, 6.45) is 2.05. The Morgan fingerprint density at radius 3 is 2.68 bits per heavy atom. The van der Waals surface area contributed by atoms with E-state index in [0.29, 0.717) is 0 Å². The molecule has 0 radical (unpaired) electrons. The van der Waals surface area contributed by atoms with E-state index in [1.54, 1.807) is 0 Å². The van der Waals surface area contributed by atoms with Crippen molar-refractivity contribution in [2.45, 2.75) is 12.8 Å². The molecule has 1 aromatic heterocycles. The fraction of sp³-hybridized carbons (Fsp3) is 0.400. The van der Waals surface area contributed by atoms with Gasteiger partial charge in [0.25, 0.3) is 0 Å². The number of aromatic amines is 1. The van der Waals surface area contributed by atoms with Gasteiger partial charge in [0.2, 0.25) is 0 Å². The number of rotatable bonds is 4. The van der Waals surface area contributed by atoms with Crippen LogP contribution in [0.3, 0.4) is 0 Å². The maximum atomic E-state index is 5.35. The third kappa shape index (κ3) is 3.15. The minimum Gasteiger partial charge on any atom is -0.378 e. The van der Waals surface area contributed by atoms with E-state index in [1.165, 1.54) is 11.3 Å². The maximum absolute atomic E-state index is 5.35. The molecule has 2 aromatic rings. The van der Waals surface area contributed by atoms with Crippen molar-refractivity contribution in [1.29, 1.82) is 0 Å². The maximum Gasteiger partial charge on any atom is 0.150 e. The van der Waals surface area contributed by atoms with Crippen LogP contribution in [0.1, 0.15) is 11.3 Å². The molecule has 0 spiro atoms. The molecule has 4 heteroatoms. The molecule has 0 amide bonds. The molecule has 1 aromatic carbocycles. The van der Waals surface area contributed by atoms with Crippen molar-refractivity contribution >= 4 is 5.82 Å². The van der Waals surface area contributed by atoms with Crippen LogP contribution in [0.4, 0.5) is 5.82 Å². The molecule has 0 unspecified atom stereocenters. The Balaban J connectivity index is 1.58. The van der Waals surface area contributed by atoms with Crippen LogP contribution in [-0.2, 0) is 17.6 Å². The van der Waals surface area contributed by atoms with Crippen LogP contribution in [0, 0.1) is 0 Å². The lowest BCUT2D eigenvalue weighted by atomic mass is 10.1. The van der Waals surface area contributed by atoms with E-state index in [4.69, 9.17) is 4.74 Å². The van der Waals surface area contributed by atoms with Gasteiger partial charge in [-0.2, -0.15) is 5.10 Å². The molecular formula is C15H19N3O. The van der Waals surface area contributed by atoms with Crippen molar-refractivity contribution in [3.8, 4) is 0 Å². The predicted molar refractivity (Wildman–Crippen MR) is 75.5 cm³/mol. The zero-order valence-electron chi connectivity index (χ0n) is 11.0. The van der Waals surface area contributed by atoms with E-state index in [-0.39, 0.29) is 0 Å². The first-order chi connectivity index (χ1) is 9.42. The number of H-pyrrole nitrogens is 1. The number of ether oxygens (including phenoxy) is 1. The molecule has 19 heavy (non-hydrogen) atoms. The number of nitrogens with zero attached hydrogens (tertiary/aromatic N) is 2. The summed E-state index contributed by atoms with van der Waals surface area (Å²) >= 11 is 0. The summed E-state index contributed by atoms with van der Waals surface area (Å²) < 4.78 is 5.35. The number of aryl methyl sites for hydroxylation is 2. The molecule has 0 atom stereocenters. The summed E-state index contributed by atoms with van der Waals surface area (Å²) in [5.74, 6) is 1.05. The Hall–Kier alpha value is -1.81.